The van der Waals surface area contributed by atoms with Crippen molar-refractivity contribution in [1.82, 2.24) is 14.7 Å². The Morgan fingerprint density at radius 2 is 1.76 bits per heavy atom. The lowest BCUT2D eigenvalue weighted by molar-refractivity contribution is 0.577. The quantitative estimate of drug-likeness (QED) is 0.578. The van der Waals surface area contributed by atoms with Crippen LogP contribution in [0.5, 0.6) is 0 Å². The highest BCUT2D eigenvalue weighted by molar-refractivity contribution is 7.89. The molecule has 1 aliphatic rings. The number of para-hydroxylation sites is 2. The number of aryl methyl sites for hydroxylation is 1. The minimum absolute atomic E-state index is 0.295. The van der Waals surface area contributed by atoms with Gasteiger partial charge in [0.15, 0.2) is 11.6 Å². The molecule has 29 heavy (non-hydrogen) atoms. The zero-order valence-corrected chi connectivity index (χ0v) is 17.0. The van der Waals surface area contributed by atoms with Crippen LogP contribution in [0, 0.1) is 6.92 Å². The summed E-state index contributed by atoms with van der Waals surface area (Å²) in [6, 6.07) is 14.9. The van der Waals surface area contributed by atoms with Gasteiger partial charge in [-0.2, -0.15) is 0 Å². The van der Waals surface area contributed by atoms with Crippen LogP contribution in [-0.4, -0.2) is 31.5 Å². The number of sulfonamides is 1. The van der Waals surface area contributed by atoms with Gasteiger partial charge in [0, 0.05) is 25.5 Å². The van der Waals surface area contributed by atoms with Crippen molar-refractivity contribution < 1.29 is 8.42 Å². The Balaban J connectivity index is 1.37. The van der Waals surface area contributed by atoms with E-state index in [-0.39, 0.29) is 0 Å². The van der Waals surface area contributed by atoms with Gasteiger partial charge in [-0.1, -0.05) is 29.8 Å². The highest BCUT2D eigenvalue weighted by Gasteiger charge is 2.23. The molecule has 1 aromatic heterocycles. The number of anilines is 4. The van der Waals surface area contributed by atoms with Crippen molar-refractivity contribution in [3.63, 3.8) is 0 Å². The van der Waals surface area contributed by atoms with Crippen LogP contribution in [0.25, 0.3) is 0 Å². The SMILES string of the molecule is Cc1ccc(S(=O)(=O)NCCCCN2c3ccccc3Nc3nccnc32)cc1. The van der Waals surface area contributed by atoms with Crippen molar-refractivity contribution in [2.45, 2.75) is 24.7 Å². The topological polar surface area (TPSA) is 87.2 Å². The number of fused-ring (bicyclic) bond motifs is 2. The van der Waals surface area contributed by atoms with Crippen molar-refractivity contribution in [3.8, 4) is 0 Å². The van der Waals surface area contributed by atoms with E-state index in [9.17, 15) is 8.42 Å². The summed E-state index contributed by atoms with van der Waals surface area (Å²) in [4.78, 5) is 11.3. The molecule has 1 aliphatic heterocycles. The van der Waals surface area contributed by atoms with Crippen LogP contribution in [0.15, 0.2) is 65.8 Å². The maximum absolute atomic E-state index is 12.4. The van der Waals surface area contributed by atoms with Gasteiger partial charge in [-0.15, -0.1) is 0 Å². The number of hydrogen-bond donors (Lipinski definition) is 2. The van der Waals surface area contributed by atoms with E-state index in [1.54, 1.807) is 36.7 Å². The normalized spacial score (nSPS) is 12.8. The Labute approximate surface area is 170 Å². The Hall–Kier alpha value is -2.97. The fraction of sp³-hybridized carbons (Fsp3) is 0.238. The number of benzene rings is 2. The first-order valence-corrected chi connectivity index (χ1v) is 11.0. The summed E-state index contributed by atoms with van der Waals surface area (Å²) in [5, 5.41) is 3.31. The van der Waals surface area contributed by atoms with E-state index in [0.29, 0.717) is 17.9 Å². The van der Waals surface area contributed by atoms with Crippen molar-refractivity contribution in [2.75, 3.05) is 23.3 Å². The van der Waals surface area contributed by atoms with E-state index in [1.165, 1.54) is 0 Å². The third kappa shape index (κ3) is 4.23. The molecular weight excluding hydrogens is 386 g/mol. The summed E-state index contributed by atoms with van der Waals surface area (Å²) in [6.45, 7) is 3.04. The van der Waals surface area contributed by atoms with E-state index >= 15 is 0 Å². The highest BCUT2D eigenvalue weighted by atomic mass is 32.2. The molecule has 0 atom stereocenters. The average Bonchev–Trinajstić information content (AvgIpc) is 2.73. The molecule has 0 unspecified atom stereocenters. The highest BCUT2D eigenvalue weighted by Crippen LogP contribution is 2.40. The number of rotatable bonds is 7. The summed E-state index contributed by atoms with van der Waals surface area (Å²) in [6.07, 6.45) is 4.86. The first-order valence-electron chi connectivity index (χ1n) is 9.55. The molecule has 0 radical (unpaired) electrons. The third-order valence-corrected chi connectivity index (χ3v) is 6.29. The van der Waals surface area contributed by atoms with E-state index in [0.717, 1.165) is 41.5 Å². The minimum Gasteiger partial charge on any atom is -0.335 e. The second-order valence-corrected chi connectivity index (χ2v) is 8.71. The Morgan fingerprint density at radius 1 is 1.00 bits per heavy atom. The molecule has 0 saturated carbocycles. The van der Waals surface area contributed by atoms with Crippen LogP contribution in [0.2, 0.25) is 0 Å². The molecule has 0 amide bonds. The summed E-state index contributed by atoms with van der Waals surface area (Å²) in [5.74, 6) is 1.51. The van der Waals surface area contributed by atoms with Crippen LogP contribution in [0.1, 0.15) is 18.4 Å². The maximum Gasteiger partial charge on any atom is 0.240 e. The predicted molar refractivity (Wildman–Crippen MR) is 114 cm³/mol. The molecule has 3 aromatic rings. The van der Waals surface area contributed by atoms with Crippen molar-refractivity contribution in [1.29, 1.82) is 0 Å². The second kappa shape index (κ2) is 8.18. The molecule has 8 heteroatoms. The molecule has 7 nitrogen and oxygen atoms in total. The van der Waals surface area contributed by atoms with Crippen LogP contribution in [0.4, 0.5) is 23.0 Å². The van der Waals surface area contributed by atoms with Gasteiger partial charge in [0.1, 0.15) is 0 Å². The Bertz CT molecular complexity index is 1050. The fourth-order valence-electron chi connectivity index (χ4n) is 3.30. The molecule has 2 aromatic carbocycles. The first kappa shape index (κ1) is 19.4. The van der Waals surface area contributed by atoms with Crippen molar-refractivity contribution in [2.24, 2.45) is 0 Å². The van der Waals surface area contributed by atoms with Crippen molar-refractivity contribution >= 4 is 33.0 Å². The zero-order chi connectivity index (χ0) is 20.3. The molecule has 2 N–H and O–H groups in total. The zero-order valence-electron chi connectivity index (χ0n) is 16.2. The number of aromatic nitrogens is 2. The summed E-state index contributed by atoms with van der Waals surface area (Å²) in [7, 11) is -3.48. The molecule has 0 bridgehead atoms. The summed E-state index contributed by atoms with van der Waals surface area (Å²) in [5.41, 5.74) is 3.06. The lowest BCUT2D eigenvalue weighted by Crippen LogP contribution is -2.27. The molecule has 150 valence electrons. The lowest BCUT2D eigenvalue weighted by Gasteiger charge is -2.31. The van der Waals surface area contributed by atoms with Gasteiger partial charge in [0.25, 0.3) is 0 Å². The van der Waals surface area contributed by atoms with Crippen LogP contribution < -0.4 is 14.9 Å². The fourth-order valence-corrected chi connectivity index (χ4v) is 4.38. The lowest BCUT2D eigenvalue weighted by atomic mass is 10.2. The number of nitrogens with zero attached hydrogens (tertiary/aromatic N) is 3. The smallest absolute Gasteiger partial charge is 0.240 e. The van der Waals surface area contributed by atoms with Gasteiger partial charge in [-0.3, -0.25) is 0 Å². The number of hydrogen-bond acceptors (Lipinski definition) is 6. The monoisotopic (exact) mass is 409 g/mol. The molecule has 0 saturated heterocycles. The van der Waals surface area contributed by atoms with E-state index < -0.39 is 10.0 Å². The number of unbranched alkanes of at least 4 members (excludes halogenated alkanes) is 1. The first-order chi connectivity index (χ1) is 14.0. The van der Waals surface area contributed by atoms with Gasteiger partial charge in [0.2, 0.25) is 10.0 Å². The van der Waals surface area contributed by atoms with E-state index in [2.05, 4.69) is 24.9 Å². The second-order valence-electron chi connectivity index (χ2n) is 6.94. The minimum atomic E-state index is -3.48. The third-order valence-electron chi connectivity index (χ3n) is 4.81. The predicted octanol–water partition coefficient (Wildman–Crippen LogP) is 3.74. The molecule has 0 spiro atoms. The van der Waals surface area contributed by atoms with Crippen LogP contribution >= 0.6 is 0 Å². The molecule has 2 heterocycles. The van der Waals surface area contributed by atoms with Gasteiger partial charge >= 0.3 is 0 Å². The maximum atomic E-state index is 12.4. The van der Waals surface area contributed by atoms with Crippen LogP contribution in [0.3, 0.4) is 0 Å². The molecule has 4 rings (SSSR count). The number of nitrogens with one attached hydrogen (secondary N) is 2. The van der Waals surface area contributed by atoms with Gasteiger partial charge in [0.05, 0.1) is 16.3 Å². The van der Waals surface area contributed by atoms with Crippen LogP contribution in [-0.2, 0) is 10.0 Å². The van der Waals surface area contributed by atoms with Gasteiger partial charge < -0.3 is 10.2 Å². The average molecular weight is 410 g/mol. The summed E-state index contributed by atoms with van der Waals surface area (Å²) >= 11 is 0. The molecule has 0 fully saturated rings. The summed E-state index contributed by atoms with van der Waals surface area (Å²) < 4.78 is 27.5. The molecule has 0 aliphatic carbocycles. The van der Waals surface area contributed by atoms with E-state index in [1.807, 2.05) is 31.2 Å². The Morgan fingerprint density at radius 3 is 2.59 bits per heavy atom. The largest absolute Gasteiger partial charge is 0.335 e. The Kier molecular flexibility index (Phi) is 5.46. The van der Waals surface area contributed by atoms with Crippen molar-refractivity contribution in [3.05, 3.63) is 66.5 Å². The van der Waals surface area contributed by atoms with Gasteiger partial charge in [-0.25, -0.2) is 23.1 Å². The van der Waals surface area contributed by atoms with E-state index in [4.69, 9.17) is 0 Å². The standard InChI is InChI=1S/C21H23N5O2S/c1-16-8-10-17(11-9-16)29(27,28)24-12-4-5-15-26-19-7-3-2-6-18(19)25-20-21(26)23-14-13-22-20/h2-3,6-11,13-14,24H,4-5,12,15H2,1H3,(H,22,25). The van der Waals surface area contributed by atoms with Gasteiger partial charge in [-0.05, 0) is 44.0 Å². The molecular formula is C21H23N5O2S.